The number of carbonyl (C=O) groups excluding carboxylic acids is 1. The summed E-state index contributed by atoms with van der Waals surface area (Å²) in [6.07, 6.45) is 0.720. The molecule has 1 aliphatic heterocycles. The highest BCUT2D eigenvalue weighted by Crippen LogP contribution is 2.13. The predicted octanol–water partition coefficient (Wildman–Crippen LogP) is 2.43. The first-order valence-corrected chi connectivity index (χ1v) is 7.46. The molecule has 1 aromatic rings. The molecule has 1 aromatic heterocycles. The number of aromatic nitrogens is 1. The van der Waals surface area contributed by atoms with E-state index in [2.05, 4.69) is 10.1 Å². The normalized spacial score (nSPS) is 17.6. The van der Waals surface area contributed by atoms with Crippen molar-refractivity contribution in [3.05, 3.63) is 17.5 Å². The second-order valence-corrected chi connectivity index (χ2v) is 6.53. The van der Waals surface area contributed by atoms with Crippen LogP contribution < -0.4 is 0 Å². The highest BCUT2D eigenvalue weighted by Gasteiger charge is 2.24. The largest absolute Gasteiger partial charge is 0.444 e. The molecule has 0 unspecified atom stereocenters. The van der Waals surface area contributed by atoms with E-state index < -0.39 is 5.60 Å². The first-order chi connectivity index (χ1) is 9.83. The molecule has 21 heavy (non-hydrogen) atoms. The van der Waals surface area contributed by atoms with Crippen LogP contribution in [0.1, 0.15) is 38.6 Å². The third-order valence-corrected chi connectivity index (χ3v) is 3.30. The lowest BCUT2D eigenvalue weighted by Crippen LogP contribution is -2.39. The fraction of sp³-hybridized carbons (Fsp3) is 0.733. The Hall–Kier alpha value is -1.56. The number of carbonyl (C=O) groups is 1. The molecule has 0 N–H and O–H groups in total. The molecule has 2 rings (SSSR count). The van der Waals surface area contributed by atoms with Gasteiger partial charge in [-0.3, -0.25) is 4.90 Å². The van der Waals surface area contributed by atoms with Crippen LogP contribution in [0.5, 0.6) is 0 Å². The molecule has 2 heterocycles. The molecule has 6 nitrogen and oxygen atoms in total. The van der Waals surface area contributed by atoms with Crippen LogP contribution in [0, 0.1) is 6.92 Å². The zero-order chi connectivity index (χ0) is 15.5. The first-order valence-electron chi connectivity index (χ1n) is 7.46. The Bertz CT molecular complexity index is 479. The lowest BCUT2D eigenvalue weighted by molar-refractivity contribution is 0.0257. The lowest BCUT2D eigenvalue weighted by Gasteiger charge is -2.26. The summed E-state index contributed by atoms with van der Waals surface area (Å²) in [6.45, 7) is 11.5. The summed E-state index contributed by atoms with van der Waals surface area (Å²) in [4.78, 5) is 16.2. The SMILES string of the molecule is Cc1cc(CN2CCCN(C(=O)OC(C)(C)C)CC2)no1. The van der Waals surface area contributed by atoms with Crippen molar-refractivity contribution >= 4 is 6.09 Å². The number of hydrogen-bond acceptors (Lipinski definition) is 5. The average Bonchev–Trinajstić information content (AvgIpc) is 2.62. The summed E-state index contributed by atoms with van der Waals surface area (Å²) in [6, 6.07) is 1.95. The number of hydrogen-bond donors (Lipinski definition) is 0. The van der Waals surface area contributed by atoms with Crippen molar-refractivity contribution in [1.29, 1.82) is 0 Å². The van der Waals surface area contributed by atoms with Gasteiger partial charge in [-0.2, -0.15) is 0 Å². The van der Waals surface area contributed by atoms with E-state index in [1.54, 1.807) is 4.90 Å². The zero-order valence-electron chi connectivity index (χ0n) is 13.4. The summed E-state index contributed by atoms with van der Waals surface area (Å²) < 4.78 is 10.5. The molecule has 0 spiro atoms. The summed E-state index contributed by atoms with van der Waals surface area (Å²) in [5, 5.41) is 4.02. The molecule has 0 aliphatic carbocycles. The van der Waals surface area contributed by atoms with Gasteiger partial charge in [0, 0.05) is 38.8 Å². The maximum atomic E-state index is 12.1. The molecule has 1 fully saturated rings. The van der Waals surface area contributed by atoms with Gasteiger partial charge in [0.05, 0.1) is 5.69 Å². The Morgan fingerprint density at radius 3 is 2.71 bits per heavy atom. The molecule has 6 heteroatoms. The van der Waals surface area contributed by atoms with Crippen LogP contribution >= 0.6 is 0 Å². The Labute approximate surface area is 126 Å². The maximum Gasteiger partial charge on any atom is 0.410 e. The minimum absolute atomic E-state index is 0.221. The van der Waals surface area contributed by atoms with E-state index in [-0.39, 0.29) is 6.09 Å². The monoisotopic (exact) mass is 295 g/mol. The smallest absolute Gasteiger partial charge is 0.410 e. The Morgan fingerprint density at radius 1 is 1.33 bits per heavy atom. The van der Waals surface area contributed by atoms with Crippen LogP contribution in [-0.4, -0.2) is 52.8 Å². The summed E-state index contributed by atoms with van der Waals surface area (Å²) >= 11 is 0. The molecule has 0 aromatic carbocycles. The molecule has 0 atom stereocenters. The molecule has 1 aliphatic rings. The highest BCUT2D eigenvalue weighted by atomic mass is 16.6. The Kier molecular flexibility index (Phi) is 4.88. The van der Waals surface area contributed by atoms with E-state index in [9.17, 15) is 4.79 Å². The fourth-order valence-electron chi connectivity index (χ4n) is 2.36. The Morgan fingerprint density at radius 2 is 2.10 bits per heavy atom. The van der Waals surface area contributed by atoms with Gasteiger partial charge in [0.25, 0.3) is 0 Å². The minimum Gasteiger partial charge on any atom is -0.444 e. The van der Waals surface area contributed by atoms with Gasteiger partial charge in [0.1, 0.15) is 11.4 Å². The van der Waals surface area contributed by atoms with Gasteiger partial charge in [0.2, 0.25) is 0 Å². The van der Waals surface area contributed by atoms with E-state index in [4.69, 9.17) is 9.26 Å². The number of ether oxygens (including phenoxy) is 1. The topological polar surface area (TPSA) is 58.8 Å². The van der Waals surface area contributed by atoms with E-state index >= 15 is 0 Å². The van der Waals surface area contributed by atoms with Crippen LogP contribution in [0.2, 0.25) is 0 Å². The fourth-order valence-corrected chi connectivity index (χ4v) is 2.36. The van der Waals surface area contributed by atoms with Crippen LogP contribution in [0.3, 0.4) is 0 Å². The van der Waals surface area contributed by atoms with Crippen molar-refractivity contribution in [2.45, 2.75) is 46.3 Å². The second-order valence-electron chi connectivity index (χ2n) is 6.53. The van der Waals surface area contributed by atoms with Gasteiger partial charge < -0.3 is 14.2 Å². The molecule has 0 bridgehead atoms. The Balaban J connectivity index is 1.85. The predicted molar refractivity (Wildman–Crippen MR) is 78.9 cm³/mol. The summed E-state index contributed by atoms with van der Waals surface area (Å²) in [5.74, 6) is 0.829. The summed E-state index contributed by atoms with van der Waals surface area (Å²) in [5.41, 5.74) is 0.500. The van der Waals surface area contributed by atoms with E-state index in [1.807, 2.05) is 33.8 Å². The zero-order valence-corrected chi connectivity index (χ0v) is 13.4. The summed E-state index contributed by atoms with van der Waals surface area (Å²) in [7, 11) is 0. The number of rotatable bonds is 2. The van der Waals surface area contributed by atoms with Gasteiger partial charge in [-0.15, -0.1) is 0 Å². The maximum absolute atomic E-state index is 12.1. The third-order valence-electron chi connectivity index (χ3n) is 3.30. The number of amides is 1. The first kappa shape index (κ1) is 15.8. The molecule has 1 amide bonds. The quantitative estimate of drug-likeness (QED) is 0.838. The highest BCUT2D eigenvalue weighted by molar-refractivity contribution is 5.68. The molecular weight excluding hydrogens is 270 g/mol. The molecule has 1 saturated heterocycles. The number of nitrogens with zero attached hydrogens (tertiary/aromatic N) is 3. The van der Waals surface area contributed by atoms with Crippen LogP contribution in [0.15, 0.2) is 10.6 Å². The van der Waals surface area contributed by atoms with E-state index in [0.29, 0.717) is 6.54 Å². The van der Waals surface area contributed by atoms with Crippen LogP contribution in [0.25, 0.3) is 0 Å². The van der Waals surface area contributed by atoms with Crippen molar-refractivity contribution < 1.29 is 14.1 Å². The lowest BCUT2D eigenvalue weighted by atomic mass is 10.2. The van der Waals surface area contributed by atoms with Crippen molar-refractivity contribution in [3.8, 4) is 0 Å². The van der Waals surface area contributed by atoms with E-state index in [0.717, 1.165) is 44.1 Å². The van der Waals surface area contributed by atoms with Gasteiger partial charge in [-0.25, -0.2) is 4.79 Å². The number of aryl methyl sites for hydroxylation is 1. The van der Waals surface area contributed by atoms with E-state index in [1.165, 1.54) is 0 Å². The van der Waals surface area contributed by atoms with Gasteiger partial charge in [0.15, 0.2) is 0 Å². The van der Waals surface area contributed by atoms with Gasteiger partial charge in [-0.05, 0) is 34.1 Å². The third kappa shape index (κ3) is 5.04. The van der Waals surface area contributed by atoms with Crippen LogP contribution in [0.4, 0.5) is 4.79 Å². The van der Waals surface area contributed by atoms with Gasteiger partial charge >= 0.3 is 6.09 Å². The van der Waals surface area contributed by atoms with Crippen LogP contribution in [-0.2, 0) is 11.3 Å². The molecule has 0 radical (unpaired) electrons. The van der Waals surface area contributed by atoms with Crippen molar-refractivity contribution in [3.63, 3.8) is 0 Å². The standard InChI is InChI=1S/C15H25N3O3/c1-12-10-13(16-21-12)11-17-6-5-7-18(9-8-17)14(19)20-15(2,3)4/h10H,5-9,11H2,1-4H3. The molecular formula is C15H25N3O3. The molecule has 0 saturated carbocycles. The minimum atomic E-state index is -0.443. The average molecular weight is 295 g/mol. The van der Waals surface area contributed by atoms with Crippen molar-refractivity contribution in [2.75, 3.05) is 26.2 Å². The van der Waals surface area contributed by atoms with Crippen molar-refractivity contribution in [2.24, 2.45) is 0 Å². The van der Waals surface area contributed by atoms with Crippen molar-refractivity contribution in [1.82, 2.24) is 15.0 Å². The van der Waals surface area contributed by atoms with Gasteiger partial charge in [-0.1, -0.05) is 5.16 Å². The second kappa shape index (κ2) is 6.47. The molecule has 118 valence electrons.